The predicted molar refractivity (Wildman–Crippen MR) is 70.5 cm³/mol. The number of rotatable bonds is 1. The Bertz CT molecular complexity index is 609. The lowest BCUT2D eigenvalue weighted by Crippen LogP contribution is -2.20. The zero-order valence-corrected chi connectivity index (χ0v) is 10.6. The molecule has 1 N–H and O–H groups in total. The summed E-state index contributed by atoms with van der Waals surface area (Å²) in [7, 11) is 0. The third-order valence-corrected chi connectivity index (χ3v) is 3.48. The predicted octanol–water partition coefficient (Wildman–Crippen LogP) is 3.69. The minimum Gasteiger partial charge on any atom is -0.485 e. The zero-order valence-electron chi connectivity index (χ0n) is 10.6. The van der Waals surface area contributed by atoms with Gasteiger partial charge < -0.3 is 9.84 Å². The molecule has 0 aromatic heterocycles. The Hall–Kier alpha value is -1.87. The summed E-state index contributed by atoms with van der Waals surface area (Å²) in [6, 6.07) is 12.3. The van der Waals surface area contributed by atoms with Crippen LogP contribution in [0.2, 0.25) is 0 Å². The van der Waals surface area contributed by atoms with Crippen molar-refractivity contribution in [2.75, 3.05) is 0 Å². The highest BCUT2D eigenvalue weighted by Crippen LogP contribution is 2.41. The first-order valence-electron chi connectivity index (χ1n) is 6.35. The second-order valence-electron chi connectivity index (χ2n) is 4.92. The summed E-state index contributed by atoms with van der Waals surface area (Å²) in [4.78, 5) is 0. The van der Waals surface area contributed by atoms with Gasteiger partial charge in [-0.1, -0.05) is 29.8 Å². The molecular weight excluding hydrogens is 243 g/mol. The Morgan fingerprint density at radius 3 is 2.79 bits per heavy atom. The number of ether oxygens (including phenoxy) is 1. The largest absolute Gasteiger partial charge is 0.485 e. The topological polar surface area (TPSA) is 29.5 Å². The van der Waals surface area contributed by atoms with Crippen LogP contribution in [0.25, 0.3) is 0 Å². The van der Waals surface area contributed by atoms with Gasteiger partial charge in [0.2, 0.25) is 0 Å². The van der Waals surface area contributed by atoms with Crippen molar-refractivity contribution in [1.29, 1.82) is 0 Å². The van der Waals surface area contributed by atoms with Crippen molar-refractivity contribution in [3.05, 3.63) is 65.0 Å². The second-order valence-corrected chi connectivity index (χ2v) is 4.92. The molecule has 0 bridgehead atoms. The maximum atomic E-state index is 13.9. The Balaban J connectivity index is 1.99. The molecule has 1 aliphatic rings. The number of benzene rings is 2. The van der Waals surface area contributed by atoms with E-state index in [1.807, 2.05) is 25.1 Å². The van der Waals surface area contributed by atoms with Gasteiger partial charge in [0.1, 0.15) is 17.7 Å². The summed E-state index contributed by atoms with van der Waals surface area (Å²) in [5.41, 5.74) is 2.26. The molecule has 2 nitrogen and oxygen atoms in total. The number of aliphatic hydroxyl groups is 1. The van der Waals surface area contributed by atoms with E-state index in [9.17, 15) is 9.50 Å². The van der Waals surface area contributed by atoms with Crippen LogP contribution in [-0.4, -0.2) is 5.11 Å². The molecule has 0 saturated heterocycles. The molecule has 98 valence electrons. The van der Waals surface area contributed by atoms with E-state index in [0.717, 1.165) is 11.1 Å². The van der Waals surface area contributed by atoms with Crippen LogP contribution in [0, 0.1) is 12.7 Å². The van der Waals surface area contributed by atoms with E-state index in [1.165, 1.54) is 6.07 Å². The van der Waals surface area contributed by atoms with Gasteiger partial charge >= 0.3 is 0 Å². The van der Waals surface area contributed by atoms with E-state index in [-0.39, 0.29) is 5.82 Å². The summed E-state index contributed by atoms with van der Waals surface area (Å²) in [5, 5.41) is 10.2. The first kappa shape index (κ1) is 12.2. The van der Waals surface area contributed by atoms with Crippen LogP contribution in [-0.2, 0) is 0 Å². The highest BCUT2D eigenvalue weighted by Gasteiger charge is 2.29. The monoisotopic (exact) mass is 258 g/mol. The van der Waals surface area contributed by atoms with Crippen LogP contribution in [0.5, 0.6) is 5.75 Å². The van der Waals surface area contributed by atoms with Gasteiger partial charge in [0.15, 0.2) is 0 Å². The van der Waals surface area contributed by atoms with Gasteiger partial charge in [-0.3, -0.25) is 0 Å². The van der Waals surface area contributed by atoms with Crippen molar-refractivity contribution >= 4 is 0 Å². The Morgan fingerprint density at radius 2 is 1.95 bits per heavy atom. The van der Waals surface area contributed by atoms with E-state index >= 15 is 0 Å². The standard InChI is InChI=1S/C16H15FO2/c1-10-6-7-13(17)12(8-10)16-9-14(18)11-4-2-3-5-15(11)19-16/h2-8,14,16,18H,9H2,1H3. The number of para-hydroxylation sites is 1. The molecule has 2 aromatic carbocycles. The van der Waals surface area contributed by atoms with E-state index in [4.69, 9.17) is 4.74 Å². The second kappa shape index (κ2) is 4.67. The van der Waals surface area contributed by atoms with Crippen LogP contribution in [0.1, 0.15) is 35.3 Å². The number of halogens is 1. The van der Waals surface area contributed by atoms with Crippen LogP contribution in [0.4, 0.5) is 4.39 Å². The molecule has 1 aliphatic heterocycles. The van der Waals surface area contributed by atoms with Gasteiger partial charge in [0, 0.05) is 17.5 Å². The molecule has 0 radical (unpaired) electrons. The fourth-order valence-corrected chi connectivity index (χ4v) is 2.49. The van der Waals surface area contributed by atoms with Gasteiger partial charge in [-0.05, 0) is 25.1 Å². The molecule has 2 aromatic rings. The summed E-state index contributed by atoms with van der Waals surface area (Å²) < 4.78 is 19.7. The molecule has 0 aliphatic carbocycles. The molecule has 2 unspecified atom stereocenters. The molecule has 0 amide bonds. The van der Waals surface area contributed by atoms with Gasteiger partial charge in [-0.25, -0.2) is 4.39 Å². The minimum absolute atomic E-state index is 0.290. The summed E-state index contributed by atoms with van der Waals surface area (Å²) >= 11 is 0. The lowest BCUT2D eigenvalue weighted by atomic mass is 9.94. The Morgan fingerprint density at radius 1 is 1.16 bits per heavy atom. The average molecular weight is 258 g/mol. The number of hydrogen-bond acceptors (Lipinski definition) is 2. The number of aryl methyl sites for hydroxylation is 1. The fraction of sp³-hybridized carbons (Fsp3) is 0.250. The smallest absolute Gasteiger partial charge is 0.130 e. The van der Waals surface area contributed by atoms with Crippen molar-refractivity contribution in [2.24, 2.45) is 0 Å². The van der Waals surface area contributed by atoms with Crippen LogP contribution in [0.15, 0.2) is 42.5 Å². The zero-order chi connectivity index (χ0) is 13.4. The van der Waals surface area contributed by atoms with Gasteiger partial charge in [-0.2, -0.15) is 0 Å². The quantitative estimate of drug-likeness (QED) is 0.845. The van der Waals surface area contributed by atoms with Gasteiger partial charge in [0.05, 0.1) is 6.10 Å². The average Bonchev–Trinajstić information content (AvgIpc) is 2.41. The normalized spacial score (nSPS) is 21.6. The molecule has 3 heteroatoms. The van der Waals surface area contributed by atoms with Crippen LogP contribution < -0.4 is 4.74 Å². The summed E-state index contributed by atoms with van der Waals surface area (Å²) in [5.74, 6) is 0.342. The lowest BCUT2D eigenvalue weighted by molar-refractivity contribution is 0.0640. The Labute approximate surface area is 111 Å². The number of hydrogen-bond donors (Lipinski definition) is 1. The third-order valence-electron chi connectivity index (χ3n) is 3.48. The first-order chi connectivity index (χ1) is 9.15. The molecule has 1 heterocycles. The molecule has 19 heavy (non-hydrogen) atoms. The van der Waals surface area contributed by atoms with Crippen LogP contribution in [0.3, 0.4) is 0 Å². The molecule has 0 fully saturated rings. The molecule has 0 saturated carbocycles. The number of aliphatic hydroxyl groups excluding tert-OH is 1. The van der Waals surface area contributed by atoms with Crippen molar-refractivity contribution in [3.63, 3.8) is 0 Å². The van der Waals surface area contributed by atoms with Crippen LogP contribution >= 0.6 is 0 Å². The Kier molecular flexibility index (Phi) is 2.99. The third kappa shape index (κ3) is 2.22. The van der Waals surface area contributed by atoms with Crippen molar-refractivity contribution in [1.82, 2.24) is 0 Å². The van der Waals surface area contributed by atoms with E-state index in [1.54, 1.807) is 18.2 Å². The molecule has 0 spiro atoms. The maximum Gasteiger partial charge on any atom is 0.130 e. The molecule has 2 atom stereocenters. The van der Waals surface area contributed by atoms with E-state index < -0.39 is 12.2 Å². The van der Waals surface area contributed by atoms with Gasteiger partial charge in [-0.15, -0.1) is 0 Å². The molecular formula is C16H15FO2. The SMILES string of the molecule is Cc1ccc(F)c(C2CC(O)c3ccccc3O2)c1. The number of fused-ring (bicyclic) bond motifs is 1. The maximum absolute atomic E-state index is 13.9. The fourth-order valence-electron chi connectivity index (χ4n) is 2.49. The molecule has 3 rings (SSSR count). The summed E-state index contributed by atoms with van der Waals surface area (Å²) in [6.45, 7) is 1.91. The highest BCUT2D eigenvalue weighted by molar-refractivity contribution is 5.39. The van der Waals surface area contributed by atoms with Crippen molar-refractivity contribution in [3.8, 4) is 5.75 Å². The summed E-state index contributed by atoms with van der Waals surface area (Å²) in [6.07, 6.45) is -0.683. The van der Waals surface area contributed by atoms with E-state index in [2.05, 4.69) is 0 Å². The van der Waals surface area contributed by atoms with Gasteiger partial charge in [0.25, 0.3) is 0 Å². The van der Waals surface area contributed by atoms with Crippen molar-refractivity contribution in [2.45, 2.75) is 25.6 Å². The first-order valence-corrected chi connectivity index (χ1v) is 6.35. The van der Waals surface area contributed by atoms with Crippen molar-refractivity contribution < 1.29 is 14.2 Å². The highest BCUT2D eigenvalue weighted by atomic mass is 19.1. The van der Waals surface area contributed by atoms with E-state index in [0.29, 0.717) is 17.7 Å². The minimum atomic E-state index is -0.616. The lowest BCUT2D eigenvalue weighted by Gasteiger charge is -2.30.